The monoisotopic (exact) mass is 299 g/mol. The molecule has 4 nitrogen and oxygen atoms in total. The molecule has 0 heterocycles. The van der Waals surface area contributed by atoms with E-state index in [1.807, 2.05) is 11.9 Å². The Morgan fingerprint density at radius 1 is 1.00 bits per heavy atom. The lowest BCUT2D eigenvalue weighted by Gasteiger charge is -2.29. The molecule has 0 spiro atoms. The molecule has 2 N–H and O–H groups in total. The highest BCUT2D eigenvalue weighted by Gasteiger charge is 2.18. The number of likely N-dealkylation sites (N-methyl/N-ethyl adjacent to an activating group) is 1. The van der Waals surface area contributed by atoms with Crippen molar-refractivity contribution in [3.63, 3.8) is 0 Å². The van der Waals surface area contributed by atoms with Gasteiger partial charge < -0.3 is 10.6 Å². The third-order valence-electron chi connectivity index (χ3n) is 3.63. The highest BCUT2D eigenvalue weighted by molar-refractivity contribution is 5.78. The van der Waals surface area contributed by atoms with Crippen LogP contribution >= 0.6 is 0 Å². The first-order valence-electron chi connectivity index (χ1n) is 8.35. The third kappa shape index (κ3) is 9.86. The Morgan fingerprint density at radius 3 is 1.86 bits per heavy atom. The molecule has 126 valence electrons. The van der Waals surface area contributed by atoms with Gasteiger partial charge in [-0.25, -0.2) is 0 Å². The maximum absolute atomic E-state index is 12.5. The Bertz CT molecular complexity index is 280. The van der Waals surface area contributed by atoms with E-state index in [4.69, 9.17) is 5.73 Å². The van der Waals surface area contributed by atoms with Crippen LogP contribution in [-0.2, 0) is 4.79 Å². The van der Waals surface area contributed by atoms with Gasteiger partial charge in [0.05, 0.1) is 6.54 Å². The van der Waals surface area contributed by atoms with Crippen LogP contribution in [0.2, 0.25) is 0 Å². The lowest BCUT2D eigenvalue weighted by Crippen LogP contribution is -2.43. The zero-order valence-electron chi connectivity index (χ0n) is 15.2. The van der Waals surface area contributed by atoms with E-state index >= 15 is 0 Å². The average molecular weight is 300 g/mol. The number of nitrogens with zero attached hydrogens (tertiary/aromatic N) is 2. The van der Waals surface area contributed by atoms with E-state index in [9.17, 15) is 4.79 Å². The molecule has 0 rings (SSSR count). The van der Waals surface area contributed by atoms with Crippen LogP contribution in [-0.4, -0.2) is 55.0 Å². The molecule has 4 heteroatoms. The van der Waals surface area contributed by atoms with Crippen molar-refractivity contribution in [2.45, 2.75) is 54.0 Å². The number of nitrogens with two attached hydrogens (primary N) is 1. The minimum Gasteiger partial charge on any atom is -0.341 e. The Balaban J connectivity index is 4.32. The zero-order valence-corrected chi connectivity index (χ0v) is 15.2. The van der Waals surface area contributed by atoms with E-state index in [0.717, 1.165) is 26.1 Å². The molecule has 1 unspecified atom stereocenters. The van der Waals surface area contributed by atoms with Gasteiger partial charge in [0.2, 0.25) is 5.91 Å². The van der Waals surface area contributed by atoms with Crippen molar-refractivity contribution in [2.75, 3.05) is 33.2 Å². The molecule has 0 saturated carbocycles. The van der Waals surface area contributed by atoms with Crippen LogP contribution in [0, 0.1) is 17.8 Å². The van der Waals surface area contributed by atoms with E-state index < -0.39 is 0 Å². The maximum Gasteiger partial charge on any atom is 0.236 e. The van der Waals surface area contributed by atoms with E-state index in [2.05, 4.69) is 46.4 Å². The molecule has 0 aromatic heterocycles. The first-order chi connectivity index (χ1) is 9.63. The van der Waals surface area contributed by atoms with Crippen molar-refractivity contribution >= 4 is 5.91 Å². The number of rotatable bonds is 10. The summed E-state index contributed by atoms with van der Waals surface area (Å²) in [7, 11) is 2.01. The fourth-order valence-corrected chi connectivity index (χ4v) is 2.27. The first-order valence-corrected chi connectivity index (χ1v) is 8.35. The van der Waals surface area contributed by atoms with E-state index in [1.165, 1.54) is 0 Å². The number of hydrogen-bond donors (Lipinski definition) is 1. The van der Waals surface area contributed by atoms with Crippen LogP contribution in [0.3, 0.4) is 0 Å². The summed E-state index contributed by atoms with van der Waals surface area (Å²) in [5.74, 6) is 1.74. The van der Waals surface area contributed by atoms with Crippen LogP contribution in [0.15, 0.2) is 0 Å². The molecule has 0 aliphatic heterocycles. The highest BCUT2D eigenvalue weighted by atomic mass is 16.2. The number of hydrogen-bond acceptors (Lipinski definition) is 3. The molecule has 1 atom stereocenters. The van der Waals surface area contributed by atoms with Crippen molar-refractivity contribution in [1.29, 1.82) is 0 Å². The first kappa shape index (κ1) is 20.4. The van der Waals surface area contributed by atoms with Gasteiger partial charge in [-0.15, -0.1) is 0 Å². The van der Waals surface area contributed by atoms with Gasteiger partial charge >= 0.3 is 0 Å². The Hall–Kier alpha value is -0.610. The molecule has 0 aromatic rings. The third-order valence-corrected chi connectivity index (χ3v) is 3.63. The lowest BCUT2D eigenvalue weighted by atomic mass is 10.0. The molecule has 0 fully saturated rings. The molecular formula is C17H37N3O. The van der Waals surface area contributed by atoms with Crippen LogP contribution in [0.4, 0.5) is 0 Å². The van der Waals surface area contributed by atoms with Crippen LogP contribution in [0.5, 0.6) is 0 Å². The van der Waals surface area contributed by atoms with Crippen LogP contribution in [0.1, 0.15) is 48.0 Å². The van der Waals surface area contributed by atoms with Gasteiger partial charge in [0.1, 0.15) is 0 Å². The van der Waals surface area contributed by atoms with Crippen molar-refractivity contribution < 1.29 is 4.79 Å². The SMILES string of the molecule is CC(C)CN(CC(C)C)C(=O)CN(C)CCC(N)C(C)C. The van der Waals surface area contributed by atoms with Gasteiger partial charge in [0.25, 0.3) is 0 Å². The van der Waals surface area contributed by atoms with Crippen molar-refractivity contribution in [2.24, 2.45) is 23.5 Å². The summed E-state index contributed by atoms with van der Waals surface area (Å²) in [6, 6.07) is 0.213. The second kappa shape index (κ2) is 10.2. The molecule has 0 saturated heterocycles. The molecule has 0 bridgehead atoms. The summed E-state index contributed by atoms with van der Waals surface area (Å²) in [5.41, 5.74) is 6.07. The van der Waals surface area contributed by atoms with Crippen molar-refractivity contribution in [1.82, 2.24) is 9.80 Å². The van der Waals surface area contributed by atoms with Crippen molar-refractivity contribution in [3.05, 3.63) is 0 Å². The quantitative estimate of drug-likeness (QED) is 0.674. The highest BCUT2D eigenvalue weighted by Crippen LogP contribution is 2.07. The standard InChI is InChI=1S/C17H37N3O/c1-13(2)10-20(11-14(3)4)17(21)12-19(7)9-8-16(18)15(5)6/h13-16H,8-12,18H2,1-7H3. The Kier molecular flexibility index (Phi) is 9.88. The van der Waals surface area contributed by atoms with Gasteiger partial charge in [0, 0.05) is 19.1 Å². The topological polar surface area (TPSA) is 49.6 Å². The molecule has 0 aliphatic carbocycles. The summed E-state index contributed by atoms with van der Waals surface area (Å²) in [5, 5.41) is 0. The average Bonchev–Trinajstić information content (AvgIpc) is 2.33. The van der Waals surface area contributed by atoms with Gasteiger partial charge in [-0.05, 0) is 37.8 Å². The van der Waals surface area contributed by atoms with Gasteiger partial charge in [-0.1, -0.05) is 41.5 Å². The molecule has 0 aromatic carbocycles. The number of amides is 1. The van der Waals surface area contributed by atoms with E-state index in [1.54, 1.807) is 0 Å². The fourth-order valence-electron chi connectivity index (χ4n) is 2.27. The minimum absolute atomic E-state index is 0.213. The van der Waals surface area contributed by atoms with Gasteiger partial charge in [0.15, 0.2) is 0 Å². The molecular weight excluding hydrogens is 262 g/mol. The Morgan fingerprint density at radius 2 is 1.48 bits per heavy atom. The predicted octanol–water partition coefficient (Wildman–Crippen LogP) is 2.43. The summed E-state index contributed by atoms with van der Waals surface area (Å²) in [6.07, 6.45) is 0.940. The summed E-state index contributed by atoms with van der Waals surface area (Å²) >= 11 is 0. The zero-order chi connectivity index (χ0) is 16.6. The maximum atomic E-state index is 12.5. The smallest absolute Gasteiger partial charge is 0.236 e. The summed E-state index contributed by atoms with van der Waals surface area (Å²) < 4.78 is 0. The molecule has 0 aliphatic rings. The Labute approximate surface area is 132 Å². The van der Waals surface area contributed by atoms with Gasteiger partial charge in [-0.2, -0.15) is 0 Å². The van der Waals surface area contributed by atoms with Crippen LogP contribution in [0.25, 0.3) is 0 Å². The number of carbonyl (C=O) groups is 1. The largest absolute Gasteiger partial charge is 0.341 e. The second-order valence-electron chi connectivity index (χ2n) is 7.52. The number of carbonyl (C=O) groups excluding carboxylic acids is 1. The molecule has 21 heavy (non-hydrogen) atoms. The second-order valence-corrected chi connectivity index (χ2v) is 7.52. The van der Waals surface area contributed by atoms with Gasteiger partial charge in [-0.3, -0.25) is 9.69 Å². The molecule has 0 radical (unpaired) electrons. The van der Waals surface area contributed by atoms with Crippen molar-refractivity contribution in [3.8, 4) is 0 Å². The minimum atomic E-state index is 0.213. The van der Waals surface area contributed by atoms with E-state index in [-0.39, 0.29) is 11.9 Å². The van der Waals surface area contributed by atoms with Crippen LogP contribution < -0.4 is 5.73 Å². The fraction of sp³-hybridized carbons (Fsp3) is 0.941. The molecule has 1 amide bonds. The summed E-state index contributed by atoms with van der Waals surface area (Å²) in [4.78, 5) is 16.6. The lowest BCUT2D eigenvalue weighted by molar-refractivity contribution is -0.133. The predicted molar refractivity (Wildman–Crippen MR) is 91.2 cm³/mol. The van der Waals surface area contributed by atoms with E-state index in [0.29, 0.717) is 24.3 Å². The summed E-state index contributed by atoms with van der Waals surface area (Å²) in [6.45, 7) is 16.0. The normalized spacial score (nSPS) is 13.5.